The van der Waals surface area contributed by atoms with Crippen LogP contribution in [-0.2, 0) is 6.54 Å². The van der Waals surface area contributed by atoms with Crippen LogP contribution in [0.15, 0.2) is 24.3 Å². The Morgan fingerprint density at radius 1 is 1.45 bits per heavy atom. The minimum Gasteiger partial charge on any atom is -0.319 e. The van der Waals surface area contributed by atoms with Crippen molar-refractivity contribution in [3.8, 4) is 6.19 Å². The molecule has 1 aromatic rings. The largest absolute Gasteiger partial charge is 0.319 e. The van der Waals surface area contributed by atoms with Gasteiger partial charge >= 0.3 is 0 Å². The van der Waals surface area contributed by atoms with Gasteiger partial charge in [-0.25, -0.2) is 0 Å². The Kier molecular flexibility index (Phi) is 3.17. The third-order valence-electron chi connectivity index (χ3n) is 1.32. The maximum absolute atomic E-state index is 8.25. The second-order valence-electron chi connectivity index (χ2n) is 2.06. The molecule has 0 saturated carbocycles. The minimum absolute atomic E-state index is 0.621. The average Bonchev–Trinajstić information content (AvgIpc) is 2.03. The number of hydrogen-bond acceptors (Lipinski definition) is 2. The summed E-state index contributed by atoms with van der Waals surface area (Å²) >= 11 is 2.25. The molecule has 0 fully saturated rings. The van der Waals surface area contributed by atoms with Gasteiger partial charge in [-0.1, -0.05) is 18.2 Å². The topological polar surface area (TPSA) is 35.8 Å². The van der Waals surface area contributed by atoms with Crippen molar-refractivity contribution in [2.24, 2.45) is 0 Å². The van der Waals surface area contributed by atoms with Gasteiger partial charge in [-0.15, -0.1) is 0 Å². The molecule has 0 saturated heterocycles. The first-order valence-corrected chi connectivity index (χ1v) is 4.28. The number of rotatable bonds is 2. The van der Waals surface area contributed by atoms with Crippen LogP contribution >= 0.6 is 22.6 Å². The van der Waals surface area contributed by atoms with E-state index in [9.17, 15) is 0 Å². The van der Waals surface area contributed by atoms with E-state index in [4.69, 9.17) is 5.26 Å². The SMILES string of the molecule is N#CNCc1ccccc1I. The zero-order valence-corrected chi connectivity index (χ0v) is 8.00. The smallest absolute Gasteiger partial charge is 0.176 e. The van der Waals surface area contributed by atoms with Crippen molar-refractivity contribution in [3.05, 3.63) is 33.4 Å². The molecule has 0 radical (unpaired) electrons. The first-order valence-electron chi connectivity index (χ1n) is 3.20. The van der Waals surface area contributed by atoms with E-state index in [1.165, 1.54) is 3.57 Å². The molecule has 3 heteroatoms. The van der Waals surface area contributed by atoms with Crippen molar-refractivity contribution in [3.63, 3.8) is 0 Å². The maximum atomic E-state index is 8.25. The zero-order valence-electron chi connectivity index (χ0n) is 5.84. The molecule has 1 N–H and O–H groups in total. The van der Waals surface area contributed by atoms with Crippen LogP contribution in [0, 0.1) is 15.0 Å². The van der Waals surface area contributed by atoms with Crippen molar-refractivity contribution >= 4 is 22.6 Å². The van der Waals surface area contributed by atoms with Gasteiger partial charge in [0.2, 0.25) is 0 Å². The number of nitrogens with zero attached hydrogens (tertiary/aromatic N) is 1. The van der Waals surface area contributed by atoms with Crippen LogP contribution in [0.1, 0.15) is 5.56 Å². The molecule has 0 aromatic heterocycles. The van der Waals surface area contributed by atoms with E-state index in [1.807, 2.05) is 30.5 Å². The molecule has 1 aromatic carbocycles. The van der Waals surface area contributed by atoms with E-state index in [-0.39, 0.29) is 0 Å². The van der Waals surface area contributed by atoms with Crippen molar-refractivity contribution in [1.82, 2.24) is 5.32 Å². The molecule has 0 heterocycles. The first-order chi connectivity index (χ1) is 5.34. The number of hydrogen-bond donors (Lipinski definition) is 1. The minimum atomic E-state index is 0.621. The molecule has 0 aliphatic heterocycles. The average molecular weight is 258 g/mol. The fraction of sp³-hybridized carbons (Fsp3) is 0.125. The summed E-state index contributed by atoms with van der Waals surface area (Å²) < 4.78 is 1.19. The van der Waals surface area contributed by atoms with Crippen LogP contribution in [0.25, 0.3) is 0 Å². The van der Waals surface area contributed by atoms with E-state index < -0.39 is 0 Å². The number of nitrogens with one attached hydrogen (secondary N) is 1. The molecule has 11 heavy (non-hydrogen) atoms. The summed E-state index contributed by atoms with van der Waals surface area (Å²) in [5.74, 6) is 0. The van der Waals surface area contributed by atoms with Crippen LogP contribution in [0.3, 0.4) is 0 Å². The summed E-state index contributed by atoms with van der Waals surface area (Å²) in [7, 11) is 0. The Balaban J connectivity index is 2.71. The van der Waals surface area contributed by atoms with Gasteiger partial charge in [0.05, 0.1) is 6.54 Å². The predicted molar refractivity (Wildman–Crippen MR) is 51.6 cm³/mol. The molecule has 0 spiro atoms. The first kappa shape index (κ1) is 8.34. The van der Waals surface area contributed by atoms with E-state index in [0.29, 0.717) is 6.54 Å². The van der Waals surface area contributed by atoms with Gasteiger partial charge in [-0.3, -0.25) is 0 Å². The molecule has 1 rings (SSSR count). The third-order valence-corrected chi connectivity index (χ3v) is 2.37. The standard InChI is InChI=1S/C8H7IN2/c9-8-4-2-1-3-7(8)5-11-6-10/h1-4,11H,5H2. The Morgan fingerprint density at radius 2 is 2.18 bits per heavy atom. The van der Waals surface area contributed by atoms with Gasteiger partial charge in [0.15, 0.2) is 6.19 Å². The fourth-order valence-electron chi connectivity index (χ4n) is 0.777. The van der Waals surface area contributed by atoms with E-state index >= 15 is 0 Å². The van der Waals surface area contributed by atoms with E-state index in [1.54, 1.807) is 0 Å². The molecule has 0 aliphatic rings. The van der Waals surface area contributed by atoms with Crippen molar-refractivity contribution in [2.75, 3.05) is 0 Å². The van der Waals surface area contributed by atoms with E-state index in [0.717, 1.165) is 5.56 Å². The van der Waals surface area contributed by atoms with Crippen LogP contribution in [0.2, 0.25) is 0 Å². The lowest BCUT2D eigenvalue weighted by atomic mass is 10.2. The number of halogens is 1. The highest BCUT2D eigenvalue weighted by atomic mass is 127. The highest BCUT2D eigenvalue weighted by Gasteiger charge is 1.94. The molecule has 0 atom stereocenters. The van der Waals surface area contributed by atoms with Crippen molar-refractivity contribution in [1.29, 1.82) is 5.26 Å². The Bertz CT molecular complexity index is 278. The Morgan fingerprint density at radius 3 is 2.82 bits per heavy atom. The zero-order chi connectivity index (χ0) is 8.10. The second-order valence-corrected chi connectivity index (χ2v) is 3.22. The van der Waals surface area contributed by atoms with Crippen LogP contribution in [-0.4, -0.2) is 0 Å². The summed E-state index contributed by atoms with van der Waals surface area (Å²) in [4.78, 5) is 0. The summed E-state index contributed by atoms with van der Waals surface area (Å²) in [6.07, 6.45) is 1.89. The molecular weight excluding hydrogens is 251 g/mol. The van der Waals surface area contributed by atoms with Gasteiger partial charge in [-0.05, 0) is 34.2 Å². The monoisotopic (exact) mass is 258 g/mol. The maximum Gasteiger partial charge on any atom is 0.176 e. The van der Waals surface area contributed by atoms with Gasteiger partial charge in [0.25, 0.3) is 0 Å². The summed E-state index contributed by atoms with van der Waals surface area (Å²) in [5.41, 5.74) is 1.16. The highest BCUT2D eigenvalue weighted by Crippen LogP contribution is 2.10. The molecule has 56 valence electrons. The number of nitriles is 1. The summed E-state index contributed by atoms with van der Waals surface area (Å²) in [6.45, 7) is 0.621. The lowest BCUT2D eigenvalue weighted by Crippen LogP contribution is -2.05. The molecular formula is C8H7IN2. The fourth-order valence-corrected chi connectivity index (χ4v) is 1.35. The van der Waals surface area contributed by atoms with Gasteiger partial charge in [-0.2, -0.15) is 5.26 Å². The Labute approximate surface area is 79.4 Å². The summed E-state index contributed by atoms with van der Waals surface area (Å²) in [6, 6.07) is 7.98. The lowest BCUT2D eigenvalue weighted by Gasteiger charge is -2.00. The highest BCUT2D eigenvalue weighted by molar-refractivity contribution is 14.1. The van der Waals surface area contributed by atoms with E-state index in [2.05, 4.69) is 27.9 Å². The van der Waals surface area contributed by atoms with Gasteiger partial charge < -0.3 is 5.32 Å². The predicted octanol–water partition coefficient (Wildman–Crippen LogP) is 1.86. The summed E-state index contributed by atoms with van der Waals surface area (Å²) in [5, 5.41) is 10.9. The van der Waals surface area contributed by atoms with Crippen LogP contribution in [0.4, 0.5) is 0 Å². The third kappa shape index (κ3) is 2.39. The van der Waals surface area contributed by atoms with Crippen molar-refractivity contribution in [2.45, 2.75) is 6.54 Å². The molecule has 2 nitrogen and oxygen atoms in total. The lowest BCUT2D eigenvalue weighted by molar-refractivity contribution is 0.879. The molecule has 0 amide bonds. The number of benzene rings is 1. The normalized spacial score (nSPS) is 8.73. The van der Waals surface area contributed by atoms with Gasteiger partial charge in [0.1, 0.15) is 0 Å². The van der Waals surface area contributed by atoms with Crippen LogP contribution in [0.5, 0.6) is 0 Å². The molecule has 0 bridgehead atoms. The van der Waals surface area contributed by atoms with Crippen LogP contribution < -0.4 is 5.32 Å². The van der Waals surface area contributed by atoms with Gasteiger partial charge in [0, 0.05) is 3.57 Å². The second kappa shape index (κ2) is 4.19. The Hall–Kier alpha value is -0.760. The molecule has 0 aliphatic carbocycles. The quantitative estimate of drug-likeness (QED) is 0.499. The molecule has 0 unspecified atom stereocenters. The van der Waals surface area contributed by atoms with Crippen molar-refractivity contribution < 1.29 is 0 Å².